The van der Waals surface area contributed by atoms with E-state index in [1.165, 1.54) is 0 Å². The topological polar surface area (TPSA) is 62.7 Å². The molecular weight excluding hydrogens is 232 g/mol. The first-order chi connectivity index (χ1) is 8.46. The number of rotatable bonds is 1. The number of hydrogen-bond donors (Lipinski definition) is 1. The second kappa shape index (κ2) is 3.68. The quantitative estimate of drug-likeness (QED) is 0.822. The highest BCUT2D eigenvalue weighted by Crippen LogP contribution is 2.39. The van der Waals surface area contributed by atoms with Crippen molar-refractivity contribution in [1.82, 2.24) is 4.98 Å². The molecule has 0 saturated heterocycles. The van der Waals surface area contributed by atoms with Crippen LogP contribution < -0.4 is 4.90 Å². The van der Waals surface area contributed by atoms with Crippen molar-refractivity contribution in [3.63, 3.8) is 0 Å². The SMILES string of the molecule is Cc1cnc2c(c1)COC(=O)N2C1CC(C)(O)C1. The lowest BCUT2D eigenvalue weighted by Gasteiger charge is -2.46. The van der Waals surface area contributed by atoms with Crippen LogP contribution in [-0.4, -0.2) is 27.8 Å². The number of aliphatic hydroxyl groups is 1. The maximum absolute atomic E-state index is 11.9. The molecule has 1 amide bonds. The highest BCUT2D eigenvalue weighted by atomic mass is 16.6. The Balaban J connectivity index is 1.93. The molecule has 1 aliphatic carbocycles. The van der Waals surface area contributed by atoms with Crippen LogP contribution in [0.4, 0.5) is 10.6 Å². The van der Waals surface area contributed by atoms with Gasteiger partial charge in [0.05, 0.1) is 5.60 Å². The van der Waals surface area contributed by atoms with Crippen molar-refractivity contribution in [2.75, 3.05) is 4.90 Å². The van der Waals surface area contributed by atoms with E-state index in [-0.39, 0.29) is 18.7 Å². The lowest BCUT2D eigenvalue weighted by molar-refractivity contribution is -0.0315. The highest BCUT2D eigenvalue weighted by molar-refractivity contribution is 5.90. The largest absolute Gasteiger partial charge is 0.444 e. The van der Waals surface area contributed by atoms with Crippen molar-refractivity contribution in [2.45, 2.75) is 44.9 Å². The first kappa shape index (κ1) is 11.5. The van der Waals surface area contributed by atoms with Crippen LogP contribution in [0.3, 0.4) is 0 Å². The van der Waals surface area contributed by atoms with Gasteiger partial charge in [-0.1, -0.05) is 0 Å². The van der Waals surface area contributed by atoms with Gasteiger partial charge in [-0.2, -0.15) is 0 Å². The number of aromatic nitrogens is 1. The fourth-order valence-electron chi connectivity index (χ4n) is 2.70. The maximum atomic E-state index is 11.9. The Bertz CT molecular complexity index is 505. The molecule has 0 radical (unpaired) electrons. The van der Waals surface area contributed by atoms with Gasteiger partial charge in [-0.15, -0.1) is 0 Å². The number of pyridine rings is 1. The fraction of sp³-hybridized carbons (Fsp3) is 0.538. The Kier molecular flexibility index (Phi) is 2.35. The third-order valence-corrected chi connectivity index (χ3v) is 3.57. The van der Waals surface area contributed by atoms with Crippen molar-refractivity contribution in [3.8, 4) is 0 Å². The zero-order valence-electron chi connectivity index (χ0n) is 10.5. The van der Waals surface area contributed by atoms with E-state index in [0.717, 1.165) is 11.1 Å². The molecule has 96 valence electrons. The first-order valence-corrected chi connectivity index (χ1v) is 6.10. The molecule has 0 spiro atoms. The minimum Gasteiger partial charge on any atom is -0.444 e. The number of ether oxygens (including phenoxy) is 1. The van der Waals surface area contributed by atoms with Gasteiger partial charge in [0.1, 0.15) is 12.4 Å². The van der Waals surface area contributed by atoms with Gasteiger partial charge in [0, 0.05) is 17.8 Å². The van der Waals surface area contributed by atoms with Crippen molar-refractivity contribution < 1.29 is 14.6 Å². The minimum atomic E-state index is -0.673. The molecule has 1 saturated carbocycles. The normalized spacial score (nSPS) is 30.5. The Morgan fingerprint density at radius 1 is 1.56 bits per heavy atom. The Labute approximate surface area is 105 Å². The fourth-order valence-corrected chi connectivity index (χ4v) is 2.70. The number of anilines is 1. The van der Waals surface area contributed by atoms with Crippen LogP contribution in [0.25, 0.3) is 0 Å². The summed E-state index contributed by atoms with van der Waals surface area (Å²) in [5.41, 5.74) is 1.31. The number of amides is 1. The van der Waals surface area contributed by atoms with E-state index in [2.05, 4.69) is 4.98 Å². The third-order valence-electron chi connectivity index (χ3n) is 3.57. The van der Waals surface area contributed by atoms with Gasteiger partial charge in [0.2, 0.25) is 0 Å². The molecule has 3 rings (SSSR count). The number of fused-ring (bicyclic) bond motifs is 1. The summed E-state index contributed by atoms with van der Waals surface area (Å²) in [5, 5.41) is 9.79. The van der Waals surface area contributed by atoms with Crippen LogP contribution >= 0.6 is 0 Å². The number of cyclic esters (lactones) is 1. The van der Waals surface area contributed by atoms with Gasteiger partial charge < -0.3 is 9.84 Å². The summed E-state index contributed by atoms with van der Waals surface area (Å²) in [7, 11) is 0. The van der Waals surface area contributed by atoms with Gasteiger partial charge >= 0.3 is 6.09 Å². The summed E-state index contributed by atoms with van der Waals surface area (Å²) in [6, 6.07) is 1.97. The summed E-state index contributed by atoms with van der Waals surface area (Å²) in [6.07, 6.45) is 2.52. The molecule has 2 heterocycles. The highest BCUT2D eigenvalue weighted by Gasteiger charge is 2.46. The van der Waals surface area contributed by atoms with E-state index in [1.807, 2.05) is 13.0 Å². The van der Waals surface area contributed by atoms with Gasteiger partial charge in [0.25, 0.3) is 0 Å². The monoisotopic (exact) mass is 248 g/mol. The van der Waals surface area contributed by atoms with Gasteiger partial charge in [0.15, 0.2) is 0 Å². The minimum absolute atomic E-state index is 0.0123. The third kappa shape index (κ3) is 1.75. The smallest absolute Gasteiger partial charge is 0.416 e. The van der Waals surface area contributed by atoms with Crippen LogP contribution in [0.2, 0.25) is 0 Å². The van der Waals surface area contributed by atoms with Gasteiger partial charge in [-0.25, -0.2) is 9.78 Å². The van der Waals surface area contributed by atoms with Crippen molar-refractivity contribution in [2.24, 2.45) is 0 Å². The molecule has 1 fully saturated rings. The summed E-state index contributed by atoms with van der Waals surface area (Å²) < 4.78 is 5.16. The Morgan fingerprint density at radius 2 is 2.28 bits per heavy atom. The number of carbonyl (C=O) groups is 1. The molecule has 0 atom stereocenters. The molecule has 18 heavy (non-hydrogen) atoms. The van der Waals surface area contributed by atoms with E-state index in [9.17, 15) is 9.90 Å². The van der Waals surface area contributed by atoms with Gasteiger partial charge in [-0.05, 0) is 38.3 Å². The predicted octanol–water partition coefficient (Wildman–Crippen LogP) is 1.76. The summed E-state index contributed by atoms with van der Waals surface area (Å²) in [5.74, 6) is 0.678. The number of hydrogen-bond acceptors (Lipinski definition) is 4. The van der Waals surface area contributed by atoms with E-state index >= 15 is 0 Å². The number of carbonyl (C=O) groups excluding carboxylic acids is 1. The second-order valence-corrected chi connectivity index (χ2v) is 5.48. The summed E-state index contributed by atoms with van der Waals surface area (Å²) in [4.78, 5) is 17.8. The molecule has 1 aliphatic heterocycles. The zero-order valence-corrected chi connectivity index (χ0v) is 10.5. The average molecular weight is 248 g/mol. The molecule has 0 bridgehead atoms. The summed E-state index contributed by atoms with van der Waals surface area (Å²) >= 11 is 0. The zero-order chi connectivity index (χ0) is 12.9. The molecule has 1 N–H and O–H groups in total. The van der Waals surface area contributed by atoms with E-state index in [0.29, 0.717) is 18.7 Å². The molecule has 0 aromatic carbocycles. The molecule has 2 aliphatic rings. The van der Waals surface area contributed by atoms with E-state index in [4.69, 9.17) is 4.74 Å². The molecule has 1 aromatic rings. The van der Waals surface area contributed by atoms with Gasteiger partial charge in [-0.3, -0.25) is 4.90 Å². The average Bonchev–Trinajstić information content (AvgIpc) is 2.26. The Morgan fingerprint density at radius 3 is 2.94 bits per heavy atom. The van der Waals surface area contributed by atoms with E-state index in [1.54, 1.807) is 18.0 Å². The second-order valence-electron chi connectivity index (χ2n) is 5.48. The van der Waals surface area contributed by atoms with Crippen LogP contribution in [0, 0.1) is 6.92 Å². The number of nitrogens with zero attached hydrogens (tertiary/aromatic N) is 2. The van der Waals surface area contributed by atoms with E-state index < -0.39 is 5.60 Å². The van der Waals surface area contributed by atoms with Crippen molar-refractivity contribution in [1.29, 1.82) is 0 Å². The van der Waals surface area contributed by atoms with Crippen LogP contribution in [0.15, 0.2) is 12.3 Å². The molecule has 1 aromatic heterocycles. The molecular formula is C13H16N2O3. The van der Waals surface area contributed by atoms with Crippen molar-refractivity contribution >= 4 is 11.9 Å². The van der Waals surface area contributed by atoms with Crippen LogP contribution in [-0.2, 0) is 11.3 Å². The lowest BCUT2D eigenvalue weighted by Crippen LogP contribution is -2.57. The summed E-state index contributed by atoms with van der Waals surface area (Å²) in [6.45, 7) is 4.02. The maximum Gasteiger partial charge on any atom is 0.416 e. The Hall–Kier alpha value is -1.62. The molecule has 5 nitrogen and oxygen atoms in total. The lowest BCUT2D eigenvalue weighted by atomic mass is 9.76. The van der Waals surface area contributed by atoms with Crippen molar-refractivity contribution in [3.05, 3.63) is 23.4 Å². The molecule has 0 unspecified atom stereocenters. The first-order valence-electron chi connectivity index (χ1n) is 6.10. The standard InChI is InChI=1S/C13H16N2O3/c1-8-3-9-7-18-12(16)15(11(9)14-6-8)10-4-13(2,17)5-10/h3,6,10,17H,4-5,7H2,1-2H3. The predicted molar refractivity (Wildman–Crippen MR) is 65.3 cm³/mol. The number of aryl methyl sites for hydroxylation is 1. The van der Waals surface area contributed by atoms with Crippen LogP contribution in [0.5, 0.6) is 0 Å². The molecule has 5 heteroatoms. The van der Waals surface area contributed by atoms with Crippen LogP contribution in [0.1, 0.15) is 30.9 Å².